The number of piperidine rings is 1. The molecule has 1 N–H and O–H groups in total. The number of rotatable bonds is 5. The van der Waals surface area contributed by atoms with E-state index in [0.29, 0.717) is 13.1 Å². The molecule has 146 valence electrons. The zero-order valence-electron chi connectivity index (χ0n) is 16.6. The first-order chi connectivity index (χ1) is 12.0. The van der Waals surface area contributed by atoms with Gasteiger partial charge in [-0.3, -0.25) is 4.79 Å². The van der Waals surface area contributed by atoms with E-state index in [2.05, 4.69) is 25.5 Å². The molecule has 1 atom stereocenters. The summed E-state index contributed by atoms with van der Waals surface area (Å²) < 4.78 is 28.3. The molecule has 0 aromatic heterocycles. The number of benzene rings is 1. The van der Waals surface area contributed by atoms with Gasteiger partial charge in [-0.1, -0.05) is 46.8 Å². The molecule has 6 heteroatoms. The van der Waals surface area contributed by atoms with Crippen LogP contribution in [0, 0.1) is 5.92 Å². The van der Waals surface area contributed by atoms with Crippen molar-refractivity contribution < 1.29 is 13.2 Å². The summed E-state index contributed by atoms with van der Waals surface area (Å²) in [5.74, 6) is -0.234. The van der Waals surface area contributed by atoms with Gasteiger partial charge in [0.1, 0.15) is 6.04 Å². The minimum atomic E-state index is -3.75. The van der Waals surface area contributed by atoms with E-state index < -0.39 is 16.1 Å². The van der Waals surface area contributed by atoms with Crippen molar-refractivity contribution in [1.29, 1.82) is 0 Å². The van der Waals surface area contributed by atoms with Crippen molar-refractivity contribution in [1.82, 2.24) is 9.62 Å². The highest BCUT2D eigenvalue weighted by atomic mass is 32.2. The zero-order valence-corrected chi connectivity index (χ0v) is 17.4. The largest absolute Gasteiger partial charge is 0.341 e. The Morgan fingerprint density at radius 2 is 1.58 bits per heavy atom. The monoisotopic (exact) mass is 380 g/mol. The van der Waals surface area contributed by atoms with Gasteiger partial charge in [0.2, 0.25) is 15.9 Å². The van der Waals surface area contributed by atoms with Gasteiger partial charge in [0.25, 0.3) is 0 Å². The molecule has 1 aliphatic rings. The Morgan fingerprint density at radius 3 is 2.04 bits per heavy atom. The van der Waals surface area contributed by atoms with E-state index in [1.54, 1.807) is 17.0 Å². The number of hydrogen-bond acceptors (Lipinski definition) is 3. The fraction of sp³-hybridized carbons (Fsp3) is 0.650. The Bertz CT molecular complexity index is 712. The molecule has 1 aliphatic heterocycles. The minimum Gasteiger partial charge on any atom is -0.341 e. The van der Waals surface area contributed by atoms with E-state index in [9.17, 15) is 13.2 Å². The van der Waals surface area contributed by atoms with Crippen molar-refractivity contribution in [3.05, 3.63) is 29.8 Å². The highest BCUT2D eigenvalue weighted by Crippen LogP contribution is 2.24. The average Bonchev–Trinajstić information content (AvgIpc) is 2.59. The van der Waals surface area contributed by atoms with Crippen molar-refractivity contribution in [2.45, 2.75) is 70.2 Å². The summed E-state index contributed by atoms with van der Waals surface area (Å²) in [7, 11) is -3.75. The topological polar surface area (TPSA) is 66.5 Å². The number of carbonyl (C=O) groups excluding carboxylic acids is 1. The van der Waals surface area contributed by atoms with E-state index in [-0.39, 0.29) is 22.1 Å². The minimum absolute atomic E-state index is 0.0413. The summed E-state index contributed by atoms with van der Waals surface area (Å²) in [6.07, 6.45) is 3.09. The molecule has 0 radical (unpaired) electrons. The SMILES string of the molecule is CC(C)[C@@H](NS(=O)(=O)c1ccc(C(C)(C)C)cc1)C(=O)N1CCCCC1. The number of hydrogen-bond donors (Lipinski definition) is 1. The van der Waals surface area contributed by atoms with Gasteiger partial charge in [0, 0.05) is 13.1 Å². The Morgan fingerprint density at radius 1 is 1.04 bits per heavy atom. The molecule has 1 heterocycles. The van der Waals surface area contributed by atoms with Crippen LogP contribution in [0.4, 0.5) is 0 Å². The summed E-state index contributed by atoms with van der Waals surface area (Å²) >= 11 is 0. The third kappa shape index (κ3) is 5.07. The number of carbonyl (C=O) groups is 1. The molecule has 1 aromatic carbocycles. The molecule has 1 aromatic rings. The maximum atomic E-state index is 12.8. The standard InChI is InChI=1S/C20H32N2O3S/c1-15(2)18(19(23)22-13-7-6-8-14-22)21-26(24,25)17-11-9-16(10-12-17)20(3,4)5/h9-12,15,18,21H,6-8,13-14H2,1-5H3/t18-/m1/s1. The second-order valence-corrected chi connectivity index (χ2v) is 10.2. The lowest BCUT2D eigenvalue weighted by molar-refractivity contribution is -0.134. The second-order valence-electron chi connectivity index (χ2n) is 8.50. The van der Waals surface area contributed by atoms with Crippen LogP contribution in [0.3, 0.4) is 0 Å². The maximum absolute atomic E-state index is 12.8. The van der Waals surface area contributed by atoms with Crippen molar-refractivity contribution in [3.63, 3.8) is 0 Å². The molecule has 0 saturated carbocycles. The van der Waals surface area contributed by atoms with Crippen LogP contribution >= 0.6 is 0 Å². The molecular weight excluding hydrogens is 348 g/mol. The van der Waals surface area contributed by atoms with Gasteiger partial charge in [0.15, 0.2) is 0 Å². The fourth-order valence-corrected chi connectivity index (χ4v) is 4.49. The summed E-state index contributed by atoms with van der Waals surface area (Å²) in [4.78, 5) is 14.8. The summed E-state index contributed by atoms with van der Waals surface area (Å²) in [6.45, 7) is 11.4. The van der Waals surface area contributed by atoms with Crippen molar-refractivity contribution in [3.8, 4) is 0 Å². The molecule has 26 heavy (non-hydrogen) atoms. The number of nitrogens with zero attached hydrogens (tertiary/aromatic N) is 1. The van der Waals surface area contributed by atoms with Crippen LogP contribution in [0.25, 0.3) is 0 Å². The van der Waals surface area contributed by atoms with Gasteiger partial charge in [0.05, 0.1) is 4.90 Å². The van der Waals surface area contributed by atoms with Crippen LogP contribution in [-0.2, 0) is 20.2 Å². The average molecular weight is 381 g/mol. The molecule has 0 spiro atoms. The van der Waals surface area contributed by atoms with Crippen LogP contribution in [0.1, 0.15) is 59.4 Å². The lowest BCUT2D eigenvalue weighted by atomic mass is 9.87. The van der Waals surface area contributed by atoms with Crippen LogP contribution in [0.2, 0.25) is 0 Å². The molecule has 1 amide bonds. The molecular formula is C20H32N2O3S. The molecule has 2 rings (SSSR count). The third-order valence-corrected chi connectivity index (χ3v) is 6.37. The molecule has 0 bridgehead atoms. The van der Waals surface area contributed by atoms with Crippen molar-refractivity contribution in [2.24, 2.45) is 5.92 Å². The van der Waals surface area contributed by atoms with Gasteiger partial charge in [-0.2, -0.15) is 4.72 Å². The van der Waals surface area contributed by atoms with Gasteiger partial charge in [-0.15, -0.1) is 0 Å². The Hall–Kier alpha value is -1.40. The lowest BCUT2D eigenvalue weighted by Crippen LogP contribution is -2.52. The van der Waals surface area contributed by atoms with Crippen LogP contribution < -0.4 is 4.72 Å². The lowest BCUT2D eigenvalue weighted by Gasteiger charge is -2.32. The molecule has 0 aliphatic carbocycles. The summed E-state index contributed by atoms with van der Waals surface area (Å²) in [6, 6.07) is 6.18. The van der Waals surface area contributed by atoms with Crippen LogP contribution in [0.5, 0.6) is 0 Å². The van der Waals surface area contributed by atoms with Gasteiger partial charge < -0.3 is 4.90 Å². The fourth-order valence-electron chi connectivity index (χ4n) is 3.15. The van der Waals surface area contributed by atoms with Gasteiger partial charge >= 0.3 is 0 Å². The number of amides is 1. The van der Waals surface area contributed by atoms with Crippen LogP contribution in [0.15, 0.2) is 29.2 Å². The predicted molar refractivity (Wildman–Crippen MR) is 105 cm³/mol. The Kier molecular flexibility index (Phi) is 6.51. The first kappa shape index (κ1) is 20.9. The highest BCUT2D eigenvalue weighted by Gasteiger charge is 2.32. The van der Waals surface area contributed by atoms with Crippen molar-refractivity contribution in [2.75, 3.05) is 13.1 Å². The first-order valence-corrected chi connectivity index (χ1v) is 10.9. The molecule has 5 nitrogen and oxygen atoms in total. The smallest absolute Gasteiger partial charge is 0.241 e. The quantitative estimate of drug-likeness (QED) is 0.852. The molecule has 1 saturated heterocycles. The maximum Gasteiger partial charge on any atom is 0.241 e. The van der Waals surface area contributed by atoms with E-state index in [1.807, 2.05) is 26.0 Å². The summed E-state index contributed by atoms with van der Waals surface area (Å²) in [5.41, 5.74) is 1.03. The zero-order chi connectivity index (χ0) is 19.5. The normalized spacial score (nSPS) is 17.4. The summed E-state index contributed by atoms with van der Waals surface area (Å²) in [5, 5.41) is 0. The van der Waals surface area contributed by atoms with E-state index in [4.69, 9.17) is 0 Å². The first-order valence-electron chi connectivity index (χ1n) is 9.44. The highest BCUT2D eigenvalue weighted by molar-refractivity contribution is 7.89. The van der Waals surface area contributed by atoms with E-state index >= 15 is 0 Å². The van der Waals surface area contributed by atoms with Gasteiger partial charge in [-0.25, -0.2) is 8.42 Å². The third-order valence-electron chi connectivity index (χ3n) is 4.91. The molecule has 1 fully saturated rings. The molecule has 0 unspecified atom stereocenters. The van der Waals surface area contributed by atoms with Crippen LogP contribution in [-0.4, -0.2) is 38.4 Å². The van der Waals surface area contributed by atoms with E-state index in [0.717, 1.165) is 24.8 Å². The second kappa shape index (κ2) is 8.09. The van der Waals surface area contributed by atoms with Gasteiger partial charge in [-0.05, 0) is 48.3 Å². The van der Waals surface area contributed by atoms with E-state index in [1.165, 1.54) is 0 Å². The Labute approximate surface area is 158 Å². The Balaban J connectivity index is 2.19. The number of likely N-dealkylation sites (tertiary alicyclic amines) is 1. The number of nitrogens with one attached hydrogen (secondary N) is 1. The van der Waals surface area contributed by atoms with Crippen molar-refractivity contribution >= 4 is 15.9 Å². The number of sulfonamides is 1. The predicted octanol–water partition coefficient (Wildman–Crippen LogP) is 3.30.